The second kappa shape index (κ2) is 6.96. The Morgan fingerprint density at radius 3 is 2.71 bits per heavy atom. The molecule has 6 heteroatoms. The lowest BCUT2D eigenvalue weighted by atomic mass is 10.3. The van der Waals surface area contributed by atoms with Crippen LogP contribution in [-0.2, 0) is 4.79 Å². The van der Waals surface area contributed by atoms with Crippen molar-refractivity contribution in [1.29, 1.82) is 0 Å². The van der Waals surface area contributed by atoms with Gasteiger partial charge in [-0.05, 0) is 18.6 Å². The Hall–Kier alpha value is -0.620. The Labute approximate surface area is 111 Å². The number of anilines is 1. The van der Waals surface area contributed by atoms with Crippen molar-refractivity contribution in [2.45, 2.75) is 28.8 Å². The molecule has 0 heterocycles. The van der Waals surface area contributed by atoms with Crippen LogP contribution < -0.4 is 5.32 Å². The summed E-state index contributed by atoms with van der Waals surface area (Å²) in [4.78, 5) is 11.7. The summed E-state index contributed by atoms with van der Waals surface area (Å²) >= 11 is 3.63. The van der Waals surface area contributed by atoms with Crippen LogP contribution in [0.3, 0.4) is 0 Å². The van der Waals surface area contributed by atoms with Crippen molar-refractivity contribution in [3.05, 3.63) is 24.3 Å². The summed E-state index contributed by atoms with van der Waals surface area (Å²) in [6, 6.07) is 6.52. The summed E-state index contributed by atoms with van der Waals surface area (Å²) in [5, 5.41) is 2.63. The summed E-state index contributed by atoms with van der Waals surface area (Å²) in [5.41, 5.74) is 0.417. The zero-order chi connectivity index (χ0) is 12.8. The van der Waals surface area contributed by atoms with E-state index in [0.717, 1.165) is 0 Å². The summed E-state index contributed by atoms with van der Waals surface area (Å²) < 4.78 is 24.6. The predicted molar refractivity (Wildman–Crippen MR) is 69.9 cm³/mol. The van der Waals surface area contributed by atoms with Crippen LogP contribution in [0.15, 0.2) is 29.2 Å². The fraction of sp³-hybridized carbons (Fsp3) is 0.364. The Morgan fingerprint density at radius 1 is 1.47 bits per heavy atom. The molecule has 1 N–H and O–H groups in total. The molecule has 0 bridgehead atoms. The predicted octanol–water partition coefficient (Wildman–Crippen LogP) is 4.11. The largest absolute Gasteiger partial charge is 0.324 e. The van der Waals surface area contributed by atoms with E-state index in [-0.39, 0.29) is 10.7 Å². The maximum Gasteiger partial charge on any atom is 0.288 e. The second-order valence-electron chi connectivity index (χ2n) is 3.24. The Balaban J connectivity index is 2.79. The quantitative estimate of drug-likeness (QED) is 0.652. The molecule has 1 rings (SSSR count). The van der Waals surface area contributed by atoms with Gasteiger partial charge in [-0.25, -0.2) is 0 Å². The summed E-state index contributed by atoms with van der Waals surface area (Å²) in [6.45, 7) is 1.86. The molecular formula is C11H12BrF2NOS. The van der Waals surface area contributed by atoms with Gasteiger partial charge in [-0.1, -0.05) is 46.7 Å². The van der Waals surface area contributed by atoms with Crippen LogP contribution in [0.2, 0.25) is 0 Å². The molecular weight excluding hydrogens is 312 g/mol. The van der Waals surface area contributed by atoms with Gasteiger partial charge in [0.15, 0.2) is 0 Å². The molecule has 0 spiro atoms. The topological polar surface area (TPSA) is 29.1 Å². The third-order valence-corrected chi connectivity index (χ3v) is 3.86. The summed E-state index contributed by atoms with van der Waals surface area (Å²) in [7, 11) is 0. The van der Waals surface area contributed by atoms with Crippen LogP contribution in [0.25, 0.3) is 0 Å². The molecule has 0 aliphatic carbocycles. The third-order valence-electron chi connectivity index (χ3n) is 2.00. The highest BCUT2D eigenvalue weighted by atomic mass is 79.9. The van der Waals surface area contributed by atoms with Crippen molar-refractivity contribution < 1.29 is 13.6 Å². The molecule has 2 nitrogen and oxygen atoms in total. The van der Waals surface area contributed by atoms with Crippen LogP contribution >= 0.6 is 27.7 Å². The minimum atomic E-state index is -2.50. The average Bonchev–Trinajstić information content (AvgIpc) is 2.29. The van der Waals surface area contributed by atoms with Crippen LogP contribution in [-0.4, -0.2) is 16.5 Å². The van der Waals surface area contributed by atoms with Gasteiger partial charge >= 0.3 is 0 Å². The van der Waals surface area contributed by atoms with Crippen LogP contribution in [0.5, 0.6) is 0 Å². The van der Waals surface area contributed by atoms with Gasteiger partial charge in [0.1, 0.15) is 0 Å². The highest BCUT2D eigenvalue weighted by molar-refractivity contribution is 9.10. The van der Waals surface area contributed by atoms with E-state index < -0.39 is 5.76 Å². The van der Waals surface area contributed by atoms with Crippen molar-refractivity contribution in [2.75, 3.05) is 5.32 Å². The Kier molecular flexibility index (Phi) is 5.91. The first kappa shape index (κ1) is 14.4. The zero-order valence-corrected chi connectivity index (χ0v) is 11.5. The third kappa shape index (κ3) is 4.63. The van der Waals surface area contributed by atoms with E-state index in [9.17, 15) is 13.6 Å². The maximum absolute atomic E-state index is 12.3. The van der Waals surface area contributed by atoms with Gasteiger partial charge in [0, 0.05) is 4.90 Å². The minimum Gasteiger partial charge on any atom is -0.324 e. The van der Waals surface area contributed by atoms with Crippen molar-refractivity contribution in [3.8, 4) is 0 Å². The molecule has 94 valence electrons. The molecule has 0 aromatic heterocycles. The number of halogens is 3. The highest BCUT2D eigenvalue weighted by Gasteiger charge is 2.15. The second-order valence-corrected chi connectivity index (χ2v) is 5.38. The smallest absolute Gasteiger partial charge is 0.288 e. The lowest BCUT2D eigenvalue weighted by Crippen LogP contribution is -2.22. The summed E-state index contributed by atoms with van der Waals surface area (Å²) in [5.74, 6) is -2.73. The van der Waals surface area contributed by atoms with Gasteiger partial charge in [-0.15, -0.1) is 0 Å². The van der Waals surface area contributed by atoms with E-state index in [4.69, 9.17) is 0 Å². The Morgan fingerprint density at radius 2 is 2.12 bits per heavy atom. The molecule has 1 atom stereocenters. The van der Waals surface area contributed by atoms with Crippen molar-refractivity contribution in [2.24, 2.45) is 0 Å². The van der Waals surface area contributed by atoms with Gasteiger partial charge < -0.3 is 5.32 Å². The molecule has 0 aliphatic heterocycles. The number of benzene rings is 1. The van der Waals surface area contributed by atoms with E-state index in [1.807, 2.05) is 6.92 Å². The van der Waals surface area contributed by atoms with Gasteiger partial charge in [-0.3, -0.25) is 4.79 Å². The van der Waals surface area contributed by atoms with E-state index in [1.54, 1.807) is 24.3 Å². The number of carbonyl (C=O) groups excluding carboxylic acids is 1. The fourth-order valence-electron chi connectivity index (χ4n) is 1.17. The van der Waals surface area contributed by atoms with Gasteiger partial charge in [-0.2, -0.15) is 8.78 Å². The number of carbonyl (C=O) groups is 1. The lowest BCUT2D eigenvalue weighted by Gasteiger charge is -2.12. The van der Waals surface area contributed by atoms with E-state index >= 15 is 0 Å². The number of nitrogens with one attached hydrogen (secondary N) is 1. The number of para-hydroxylation sites is 1. The first-order valence-corrected chi connectivity index (χ1v) is 6.83. The van der Waals surface area contributed by atoms with Crippen LogP contribution in [0, 0.1) is 0 Å². The van der Waals surface area contributed by atoms with Crippen LogP contribution in [0.4, 0.5) is 14.5 Å². The van der Waals surface area contributed by atoms with Crippen molar-refractivity contribution >= 4 is 39.3 Å². The number of amides is 1. The van der Waals surface area contributed by atoms with Crippen molar-refractivity contribution in [3.63, 3.8) is 0 Å². The molecule has 1 unspecified atom stereocenters. The highest BCUT2D eigenvalue weighted by Crippen LogP contribution is 2.31. The van der Waals surface area contributed by atoms with Crippen molar-refractivity contribution in [1.82, 2.24) is 0 Å². The first-order chi connectivity index (χ1) is 8.04. The SMILES string of the molecule is CCC(Br)C(=O)Nc1ccccc1SC(F)F. The number of rotatable bonds is 5. The first-order valence-electron chi connectivity index (χ1n) is 5.03. The number of hydrogen-bond acceptors (Lipinski definition) is 2. The summed E-state index contributed by atoms with van der Waals surface area (Å²) in [6.07, 6.45) is 0.635. The molecule has 0 fully saturated rings. The minimum absolute atomic E-state index is 0.227. The maximum atomic E-state index is 12.3. The van der Waals surface area contributed by atoms with Gasteiger partial charge in [0.05, 0.1) is 10.5 Å². The monoisotopic (exact) mass is 323 g/mol. The molecule has 0 saturated carbocycles. The number of hydrogen-bond donors (Lipinski definition) is 1. The molecule has 0 saturated heterocycles. The number of alkyl halides is 3. The Bertz CT molecular complexity index is 389. The van der Waals surface area contributed by atoms with Gasteiger partial charge in [0.25, 0.3) is 5.76 Å². The lowest BCUT2D eigenvalue weighted by molar-refractivity contribution is -0.115. The average molecular weight is 324 g/mol. The van der Waals surface area contributed by atoms with Gasteiger partial charge in [0.2, 0.25) is 5.91 Å². The number of thioether (sulfide) groups is 1. The van der Waals surface area contributed by atoms with Crippen LogP contribution in [0.1, 0.15) is 13.3 Å². The van der Waals surface area contributed by atoms with E-state index in [2.05, 4.69) is 21.2 Å². The molecule has 17 heavy (non-hydrogen) atoms. The van der Waals surface area contributed by atoms with E-state index in [1.165, 1.54) is 0 Å². The molecule has 0 aliphatic rings. The fourth-order valence-corrected chi connectivity index (χ4v) is 1.87. The molecule has 0 radical (unpaired) electrons. The molecule has 1 amide bonds. The standard InChI is InChI=1S/C11H12BrF2NOS/c1-2-7(12)10(16)15-8-5-3-4-6-9(8)17-11(13)14/h3-7,11H,2H2,1H3,(H,15,16). The van der Waals surface area contributed by atoms with E-state index in [0.29, 0.717) is 28.8 Å². The zero-order valence-electron chi connectivity index (χ0n) is 9.12. The normalized spacial score (nSPS) is 12.5. The molecule has 1 aromatic rings. The molecule has 1 aromatic carbocycles.